The van der Waals surface area contributed by atoms with Crippen LogP contribution in [-0.2, 0) is 17.9 Å². The van der Waals surface area contributed by atoms with Gasteiger partial charge in [0.15, 0.2) is 5.96 Å². The topological polar surface area (TPSA) is 60.8 Å². The number of rotatable bonds is 4. The zero-order valence-electron chi connectivity index (χ0n) is 16.2. The third-order valence-electron chi connectivity index (χ3n) is 4.59. The number of nitrogens with one attached hydrogen (secondary N) is 1. The molecule has 6 nitrogen and oxygen atoms in total. The Morgan fingerprint density at radius 1 is 1.29 bits per heavy atom. The van der Waals surface area contributed by atoms with Gasteiger partial charge in [-0.05, 0) is 31.5 Å². The van der Waals surface area contributed by atoms with E-state index in [9.17, 15) is 4.79 Å². The average molecular weight is 534 g/mol. The summed E-state index contributed by atoms with van der Waals surface area (Å²) in [4.78, 5) is 26.6. The standard InChI is InChI=1S/C19H24ClN5OS.HI/c1-13-14(2)27-17(23-13)10-22-19(21-3)25-9-8-24(18(26)12-25)11-15-4-6-16(20)7-5-15;/h4-7H,8-12H2,1-3H3,(H,21,22);1H. The first-order valence-corrected chi connectivity index (χ1v) is 10.1. The van der Waals surface area contributed by atoms with Gasteiger partial charge in [-0.2, -0.15) is 0 Å². The number of aliphatic imine (C=N–C) groups is 1. The maximum absolute atomic E-state index is 12.6. The van der Waals surface area contributed by atoms with Gasteiger partial charge in [-0.25, -0.2) is 4.98 Å². The van der Waals surface area contributed by atoms with Gasteiger partial charge in [0.25, 0.3) is 0 Å². The summed E-state index contributed by atoms with van der Waals surface area (Å²) in [7, 11) is 1.74. The van der Waals surface area contributed by atoms with Gasteiger partial charge in [0.2, 0.25) is 5.91 Å². The molecule has 1 aliphatic heterocycles. The first-order chi connectivity index (χ1) is 13.0. The van der Waals surface area contributed by atoms with Crippen molar-refractivity contribution in [1.82, 2.24) is 20.1 Å². The van der Waals surface area contributed by atoms with Gasteiger partial charge in [-0.15, -0.1) is 35.3 Å². The van der Waals surface area contributed by atoms with Crippen molar-refractivity contribution < 1.29 is 4.79 Å². The molecule has 1 aliphatic rings. The van der Waals surface area contributed by atoms with Crippen LogP contribution in [0.4, 0.5) is 0 Å². The molecule has 1 amide bonds. The molecular formula is C19H25ClIN5OS. The largest absolute Gasteiger partial charge is 0.350 e. The lowest BCUT2D eigenvalue weighted by atomic mass is 10.2. The first kappa shape index (κ1) is 22.9. The van der Waals surface area contributed by atoms with Crippen molar-refractivity contribution in [3.05, 3.63) is 50.4 Å². The van der Waals surface area contributed by atoms with E-state index in [0.29, 0.717) is 31.2 Å². The highest BCUT2D eigenvalue weighted by Gasteiger charge is 2.26. The van der Waals surface area contributed by atoms with Crippen molar-refractivity contribution in [1.29, 1.82) is 0 Å². The lowest BCUT2D eigenvalue weighted by molar-refractivity contribution is -0.135. The van der Waals surface area contributed by atoms with E-state index in [1.807, 2.05) is 41.0 Å². The Morgan fingerprint density at radius 3 is 2.57 bits per heavy atom. The predicted octanol–water partition coefficient (Wildman–Crippen LogP) is 3.45. The van der Waals surface area contributed by atoms with E-state index in [1.165, 1.54) is 4.88 Å². The number of aromatic nitrogens is 1. The molecule has 1 N–H and O–H groups in total. The maximum atomic E-state index is 12.6. The zero-order valence-corrected chi connectivity index (χ0v) is 20.1. The molecule has 28 heavy (non-hydrogen) atoms. The fraction of sp³-hybridized carbons (Fsp3) is 0.421. The molecule has 1 aromatic heterocycles. The summed E-state index contributed by atoms with van der Waals surface area (Å²) in [5, 5.41) is 5.06. The third-order valence-corrected chi connectivity index (χ3v) is 5.91. The van der Waals surface area contributed by atoms with Crippen LogP contribution in [0.15, 0.2) is 29.3 Å². The molecule has 2 heterocycles. The van der Waals surface area contributed by atoms with Gasteiger partial charge >= 0.3 is 0 Å². The number of hydrogen-bond acceptors (Lipinski definition) is 4. The highest BCUT2D eigenvalue weighted by molar-refractivity contribution is 14.0. The number of benzene rings is 1. The van der Waals surface area contributed by atoms with E-state index in [0.717, 1.165) is 28.8 Å². The number of carbonyl (C=O) groups excluding carboxylic acids is 1. The van der Waals surface area contributed by atoms with Crippen LogP contribution >= 0.6 is 46.9 Å². The van der Waals surface area contributed by atoms with Gasteiger partial charge < -0.3 is 15.1 Å². The summed E-state index contributed by atoms with van der Waals surface area (Å²) in [5.41, 5.74) is 2.15. The highest BCUT2D eigenvalue weighted by Crippen LogP contribution is 2.17. The van der Waals surface area contributed by atoms with Crippen LogP contribution in [0.5, 0.6) is 0 Å². The van der Waals surface area contributed by atoms with Crippen molar-refractivity contribution in [3.63, 3.8) is 0 Å². The normalized spacial score (nSPS) is 14.9. The summed E-state index contributed by atoms with van der Waals surface area (Å²) >= 11 is 7.61. The zero-order chi connectivity index (χ0) is 19.4. The number of hydrogen-bond donors (Lipinski definition) is 1. The lowest BCUT2D eigenvalue weighted by Gasteiger charge is -2.36. The smallest absolute Gasteiger partial charge is 0.242 e. The second-order valence-electron chi connectivity index (χ2n) is 6.51. The number of halogens is 2. The molecule has 0 unspecified atom stereocenters. The molecule has 0 spiro atoms. The van der Waals surface area contributed by atoms with Crippen molar-refractivity contribution in [2.45, 2.75) is 26.9 Å². The van der Waals surface area contributed by atoms with Crippen LogP contribution in [0.25, 0.3) is 0 Å². The minimum absolute atomic E-state index is 0. The Hall–Kier alpha value is -1.39. The summed E-state index contributed by atoms with van der Waals surface area (Å²) in [6, 6.07) is 7.62. The van der Waals surface area contributed by atoms with Crippen molar-refractivity contribution in [2.24, 2.45) is 4.99 Å². The van der Waals surface area contributed by atoms with E-state index in [4.69, 9.17) is 11.6 Å². The van der Waals surface area contributed by atoms with Gasteiger partial charge in [0, 0.05) is 36.6 Å². The Balaban J connectivity index is 0.00000280. The summed E-state index contributed by atoms with van der Waals surface area (Å²) in [5.74, 6) is 0.833. The van der Waals surface area contributed by atoms with Crippen LogP contribution in [0.1, 0.15) is 21.1 Å². The van der Waals surface area contributed by atoms with Gasteiger partial charge in [0.1, 0.15) is 5.01 Å². The predicted molar refractivity (Wildman–Crippen MR) is 126 cm³/mol. The van der Waals surface area contributed by atoms with Crippen LogP contribution in [-0.4, -0.2) is 53.3 Å². The molecule has 152 valence electrons. The number of aryl methyl sites for hydroxylation is 2. The molecule has 9 heteroatoms. The molecule has 2 aromatic rings. The molecular weight excluding hydrogens is 509 g/mol. The van der Waals surface area contributed by atoms with Crippen molar-refractivity contribution in [3.8, 4) is 0 Å². The minimum Gasteiger partial charge on any atom is -0.350 e. The van der Waals surface area contributed by atoms with Crippen molar-refractivity contribution >= 4 is 58.8 Å². The molecule has 1 fully saturated rings. The number of guanidine groups is 1. The number of piperazine rings is 1. The molecule has 0 aliphatic carbocycles. The third kappa shape index (κ3) is 5.81. The second-order valence-corrected chi connectivity index (χ2v) is 8.24. The fourth-order valence-corrected chi connectivity index (χ4v) is 3.97. The van der Waals surface area contributed by atoms with E-state index in [-0.39, 0.29) is 29.9 Å². The summed E-state index contributed by atoms with van der Waals surface area (Å²) in [6.07, 6.45) is 0. The SMILES string of the molecule is CN=C(NCc1nc(C)c(C)s1)N1CCN(Cc2ccc(Cl)cc2)C(=O)C1.I. The Morgan fingerprint density at radius 2 is 2.00 bits per heavy atom. The highest BCUT2D eigenvalue weighted by atomic mass is 127. The minimum atomic E-state index is 0. The Labute approximate surface area is 192 Å². The molecule has 3 rings (SSSR count). The number of amides is 1. The maximum Gasteiger partial charge on any atom is 0.242 e. The van der Waals surface area contributed by atoms with Gasteiger partial charge in [-0.3, -0.25) is 9.79 Å². The molecule has 0 atom stereocenters. The molecule has 0 radical (unpaired) electrons. The van der Waals surface area contributed by atoms with E-state index < -0.39 is 0 Å². The summed E-state index contributed by atoms with van der Waals surface area (Å²) in [6.45, 7) is 7.04. The molecule has 1 aromatic carbocycles. The van der Waals surface area contributed by atoms with Crippen molar-refractivity contribution in [2.75, 3.05) is 26.7 Å². The van der Waals surface area contributed by atoms with Gasteiger partial charge in [-0.1, -0.05) is 23.7 Å². The van der Waals surface area contributed by atoms with Crippen LogP contribution < -0.4 is 5.32 Å². The van der Waals surface area contributed by atoms with E-state index in [1.54, 1.807) is 18.4 Å². The number of thiazole rings is 1. The van der Waals surface area contributed by atoms with Gasteiger partial charge in [0.05, 0.1) is 18.8 Å². The quantitative estimate of drug-likeness (QED) is 0.372. The Bertz CT molecular complexity index is 820. The lowest BCUT2D eigenvalue weighted by Crippen LogP contribution is -2.54. The molecule has 1 saturated heterocycles. The fourth-order valence-electron chi connectivity index (χ4n) is 2.97. The van der Waals surface area contributed by atoms with Crippen LogP contribution in [0, 0.1) is 13.8 Å². The molecule has 0 saturated carbocycles. The number of carbonyl (C=O) groups is 1. The second kappa shape index (κ2) is 10.4. The Kier molecular flexibility index (Phi) is 8.51. The summed E-state index contributed by atoms with van der Waals surface area (Å²) < 4.78 is 0. The first-order valence-electron chi connectivity index (χ1n) is 8.87. The average Bonchev–Trinajstić information content (AvgIpc) is 2.97. The van der Waals surface area contributed by atoms with Crippen LogP contribution in [0.3, 0.4) is 0 Å². The van der Waals surface area contributed by atoms with Crippen LogP contribution in [0.2, 0.25) is 5.02 Å². The van der Waals surface area contributed by atoms with E-state index >= 15 is 0 Å². The van der Waals surface area contributed by atoms with E-state index in [2.05, 4.69) is 22.2 Å². The molecule has 0 bridgehead atoms. The monoisotopic (exact) mass is 533 g/mol. The number of nitrogens with zero attached hydrogens (tertiary/aromatic N) is 4.